The maximum Gasteiger partial charge on any atom is 0.204 e. The first-order valence-corrected chi connectivity index (χ1v) is 5.56. The van der Waals surface area contributed by atoms with Crippen LogP contribution >= 0.6 is 0 Å². The van der Waals surface area contributed by atoms with Gasteiger partial charge in [-0.25, -0.2) is 9.97 Å². The van der Waals surface area contributed by atoms with Gasteiger partial charge in [0.1, 0.15) is 12.1 Å². The number of ether oxygens (including phenoxy) is 1. The molecule has 0 saturated heterocycles. The molecule has 0 saturated carbocycles. The second-order valence-corrected chi connectivity index (χ2v) is 3.76. The summed E-state index contributed by atoms with van der Waals surface area (Å²) in [6.45, 7) is 0.615. The van der Waals surface area contributed by atoms with Gasteiger partial charge in [-0.3, -0.25) is 0 Å². The lowest BCUT2D eigenvalue weighted by Crippen LogP contribution is -2.19. The summed E-state index contributed by atoms with van der Waals surface area (Å²) in [6.07, 6.45) is 3.15. The van der Waals surface area contributed by atoms with E-state index in [1.807, 2.05) is 24.1 Å². The standard InChI is InChI=1S/C12H16N4O2/c1-13-11-10(17-3)12(15-8-14-11)16(2)7-9-5-4-6-18-9/h4-6,8H,7H2,1-3H3,(H,13,14,15). The summed E-state index contributed by atoms with van der Waals surface area (Å²) in [5.41, 5.74) is 0. The minimum absolute atomic E-state index is 0.615. The molecule has 0 aliphatic heterocycles. The molecule has 2 heterocycles. The number of nitrogens with one attached hydrogen (secondary N) is 1. The van der Waals surface area contributed by atoms with Gasteiger partial charge in [-0.1, -0.05) is 0 Å². The average Bonchev–Trinajstić information content (AvgIpc) is 2.90. The van der Waals surface area contributed by atoms with E-state index in [1.165, 1.54) is 6.33 Å². The molecule has 96 valence electrons. The third-order valence-corrected chi connectivity index (χ3v) is 2.56. The molecule has 2 rings (SSSR count). The largest absolute Gasteiger partial charge is 0.490 e. The third-order valence-electron chi connectivity index (χ3n) is 2.56. The Morgan fingerprint density at radius 3 is 2.89 bits per heavy atom. The monoisotopic (exact) mass is 248 g/mol. The van der Waals surface area contributed by atoms with Crippen LogP contribution in [0.25, 0.3) is 0 Å². The van der Waals surface area contributed by atoms with E-state index < -0.39 is 0 Å². The number of aromatic nitrogens is 2. The van der Waals surface area contributed by atoms with Crippen LogP contribution in [0.15, 0.2) is 29.1 Å². The van der Waals surface area contributed by atoms with Crippen molar-refractivity contribution in [2.24, 2.45) is 0 Å². The number of methoxy groups -OCH3 is 1. The maximum atomic E-state index is 5.35. The van der Waals surface area contributed by atoms with Gasteiger partial charge >= 0.3 is 0 Å². The molecule has 0 aliphatic rings. The minimum atomic E-state index is 0.615. The Morgan fingerprint density at radius 1 is 1.44 bits per heavy atom. The molecule has 0 aliphatic carbocycles. The zero-order chi connectivity index (χ0) is 13.0. The van der Waals surface area contributed by atoms with Crippen LogP contribution in [0.2, 0.25) is 0 Å². The van der Waals surface area contributed by atoms with Crippen LogP contribution in [0.5, 0.6) is 5.75 Å². The van der Waals surface area contributed by atoms with Gasteiger partial charge in [0.2, 0.25) is 5.75 Å². The molecule has 0 radical (unpaired) electrons. The first-order chi connectivity index (χ1) is 8.76. The molecule has 6 heteroatoms. The molecule has 0 spiro atoms. The van der Waals surface area contributed by atoms with Crippen LogP contribution in [0.3, 0.4) is 0 Å². The SMILES string of the molecule is CNc1ncnc(N(C)Cc2ccco2)c1OC. The van der Waals surface area contributed by atoms with Crippen LogP contribution in [0.1, 0.15) is 5.76 Å². The summed E-state index contributed by atoms with van der Waals surface area (Å²) in [5.74, 6) is 2.86. The summed E-state index contributed by atoms with van der Waals surface area (Å²) in [4.78, 5) is 10.3. The molecule has 0 amide bonds. The Kier molecular flexibility index (Phi) is 3.66. The summed E-state index contributed by atoms with van der Waals surface area (Å²) >= 11 is 0. The Morgan fingerprint density at radius 2 is 2.28 bits per heavy atom. The van der Waals surface area contributed by atoms with E-state index in [4.69, 9.17) is 9.15 Å². The normalized spacial score (nSPS) is 10.2. The lowest BCUT2D eigenvalue weighted by molar-refractivity contribution is 0.412. The van der Waals surface area contributed by atoms with Crippen molar-refractivity contribution < 1.29 is 9.15 Å². The van der Waals surface area contributed by atoms with Crippen LogP contribution in [0, 0.1) is 0 Å². The summed E-state index contributed by atoms with van der Waals surface area (Å²) in [5, 5.41) is 2.97. The van der Waals surface area contributed by atoms with Gasteiger partial charge in [0.15, 0.2) is 11.6 Å². The second kappa shape index (κ2) is 5.39. The van der Waals surface area contributed by atoms with Gasteiger partial charge in [0.05, 0.1) is 19.9 Å². The second-order valence-electron chi connectivity index (χ2n) is 3.76. The zero-order valence-corrected chi connectivity index (χ0v) is 10.7. The fraction of sp³-hybridized carbons (Fsp3) is 0.333. The van der Waals surface area contributed by atoms with E-state index in [9.17, 15) is 0 Å². The molecule has 2 aromatic heterocycles. The third kappa shape index (κ3) is 2.37. The van der Waals surface area contributed by atoms with E-state index in [1.54, 1.807) is 20.4 Å². The highest BCUT2D eigenvalue weighted by Crippen LogP contribution is 2.31. The molecular weight excluding hydrogens is 232 g/mol. The molecule has 6 nitrogen and oxygen atoms in total. The molecule has 0 bridgehead atoms. The van der Waals surface area contributed by atoms with Gasteiger partial charge < -0.3 is 19.4 Å². The Bertz CT molecular complexity index is 499. The predicted molar refractivity (Wildman–Crippen MR) is 68.9 cm³/mol. The van der Waals surface area contributed by atoms with Crippen LogP contribution < -0.4 is 15.0 Å². The highest BCUT2D eigenvalue weighted by atomic mass is 16.5. The Balaban J connectivity index is 2.26. The summed E-state index contributed by atoms with van der Waals surface area (Å²) in [7, 11) is 5.32. The van der Waals surface area contributed by atoms with Crippen molar-refractivity contribution in [3.05, 3.63) is 30.5 Å². The van der Waals surface area contributed by atoms with Crippen LogP contribution in [-0.2, 0) is 6.54 Å². The summed E-state index contributed by atoms with van der Waals surface area (Å²) in [6, 6.07) is 3.78. The topological polar surface area (TPSA) is 63.4 Å². The Labute approximate surface area is 106 Å². The first-order valence-electron chi connectivity index (χ1n) is 5.56. The van der Waals surface area contributed by atoms with E-state index in [-0.39, 0.29) is 0 Å². The van der Waals surface area contributed by atoms with Crippen molar-refractivity contribution >= 4 is 11.6 Å². The molecule has 0 atom stereocenters. The smallest absolute Gasteiger partial charge is 0.204 e. The van der Waals surface area contributed by atoms with Crippen molar-refractivity contribution in [1.29, 1.82) is 0 Å². The Hall–Kier alpha value is -2.24. The summed E-state index contributed by atoms with van der Waals surface area (Å²) < 4.78 is 10.7. The van der Waals surface area contributed by atoms with E-state index in [0.29, 0.717) is 23.9 Å². The van der Waals surface area contributed by atoms with Gasteiger partial charge in [-0.2, -0.15) is 0 Å². The number of anilines is 2. The lowest BCUT2D eigenvalue weighted by Gasteiger charge is -2.20. The number of hydrogen-bond acceptors (Lipinski definition) is 6. The molecule has 0 fully saturated rings. The highest BCUT2D eigenvalue weighted by Gasteiger charge is 2.15. The molecular formula is C12H16N4O2. The fourth-order valence-electron chi connectivity index (χ4n) is 1.71. The highest BCUT2D eigenvalue weighted by molar-refractivity contribution is 5.64. The van der Waals surface area contributed by atoms with E-state index in [2.05, 4.69) is 15.3 Å². The van der Waals surface area contributed by atoms with Gasteiger partial charge in [0, 0.05) is 14.1 Å². The van der Waals surface area contributed by atoms with Crippen LogP contribution in [-0.4, -0.2) is 31.2 Å². The van der Waals surface area contributed by atoms with Crippen molar-refractivity contribution in [1.82, 2.24) is 9.97 Å². The van der Waals surface area contributed by atoms with Crippen molar-refractivity contribution in [3.63, 3.8) is 0 Å². The van der Waals surface area contributed by atoms with Crippen molar-refractivity contribution in [2.45, 2.75) is 6.54 Å². The molecule has 2 aromatic rings. The molecule has 1 N–H and O–H groups in total. The van der Waals surface area contributed by atoms with Gasteiger partial charge in [-0.15, -0.1) is 0 Å². The first kappa shape index (κ1) is 12.2. The van der Waals surface area contributed by atoms with E-state index >= 15 is 0 Å². The van der Waals surface area contributed by atoms with E-state index in [0.717, 1.165) is 5.76 Å². The number of hydrogen-bond donors (Lipinski definition) is 1. The molecule has 0 aromatic carbocycles. The average molecular weight is 248 g/mol. The minimum Gasteiger partial charge on any atom is -0.490 e. The molecule has 18 heavy (non-hydrogen) atoms. The predicted octanol–water partition coefficient (Wildman–Crippen LogP) is 1.76. The maximum absolute atomic E-state index is 5.35. The lowest BCUT2D eigenvalue weighted by atomic mass is 10.4. The van der Waals surface area contributed by atoms with Crippen LogP contribution in [0.4, 0.5) is 11.6 Å². The van der Waals surface area contributed by atoms with Crippen molar-refractivity contribution in [2.75, 3.05) is 31.4 Å². The number of rotatable bonds is 5. The fourth-order valence-corrected chi connectivity index (χ4v) is 1.71. The number of furan rings is 1. The quantitative estimate of drug-likeness (QED) is 0.869. The van der Waals surface area contributed by atoms with Crippen molar-refractivity contribution in [3.8, 4) is 5.75 Å². The molecule has 0 unspecified atom stereocenters. The zero-order valence-electron chi connectivity index (χ0n) is 10.7. The van der Waals surface area contributed by atoms with Gasteiger partial charge in [-0.05, 0) is 12.1 Å². The number of nitrogens with zero attached hydrogens (tertiary/aromatic N) is 3. The van der Waals surface area contributed by atoms with Gasteiger partial charge in [0.25, 0.3) is 0 Å².